The fourth-order valence-corrected chi connectivity index (χ4v) is 4.00. The third-order valence-electron chi connectivity index (χ3n) is 3.78. The molecule has 1 heterocycles. The summed E-state index contributed by atoms with van der Waals surface area (Å²) in [5, 5.41) is 4.86. The number of thiazole rings is 1. The molecule has 0 spiro atoms. The van der Waals surface area contributed by atoms with Crippen molar-refractivity contribution in [3.8, 4) is 0 Å². The molecule has 0 saturated heterocycles. The number of rotatable bonds is 7. The van der Waals surface area contributed by atoms with E-state index in [1.54, 1.807) is 0 Å². The largest absolute Gasteiger partial charge is 0.308 e. The van der Waals surface area contributed by atoms with Crippen LogP contribution in [0.15, 0.2) is 0 Å². The first-order valence-corrected chi connectivity index (χ1v) is 8.74. The van der Waals surface area contributed by atoms with Crippen LogP contribution in [0.2, 0.25) is 0 Å². The number of hydrogen-bond acceptors (Lipinski definition) is 4. The van der Waals surface area contributed by atoms with Gasteiger partial charge in [0.1, 0.15) is 0 Å². The molecule has 1 aromatic heterocycles. The summed E-state index contributed by atoms with van der Waals surface area (Å²) < 4.78 is 0.377. The zero-order valence-corrected chi connectivity index (χ0v) is 14.1. The van der Waals surface area contributed by atoms with Crippen molar-refractivity contribution in [1.82, 2.24) is 10.3 Å². The first-order chi connectivity index (χ1) is 8.48. The van der Waals surface area contributed by atoms with E-state index in [1.807, 2.05) is 23.1 Å². The first kappa shape index (κ1) is 16.0. The molecule has 0 saturated carbocycles. The first-order valence-electron chi connectivity index (χ1n) is 6.70. The Balaban J connectivity index is 2.65. The van der Waals surface area contributed by atoms with Crippen molar-refractivity contribution < 1.29 is 0 Å². The van der Waals surface area contributed by atoms with Gasteiger partial charge in [-0.05, 0) is 39.9 Å². The molecule has 4 heteroatoms. The Bertz CT molecular complexity index is 362. The highest BCUT2D eigenvalue weighted by Crippen LogP contribution is 2.31. The molecule has 1 unspecified atom stereocenters. The maximum absolute atomic E-state index is 4.51. The van der Waals surface area contributed by atoms with Crippen molar-refractivity contribution in [2.24, 2.45) is 0 Å². The van der Waals surface area contributed by atoms with Crippen LogP contribution in [0.4, 0.5) is 0 Å². The van der Waals surface area contributed by atoms with Gasteiger partial charge in [-0.25, -0.2) is 4.98 Å². The Labute approximate surface area is 120 Å². The predicted octanol–water partition coefficient (Wildman–Crippen LogP) is 4.33. The molecule has 0 bridgehead atoms. The van der Waals surface area contributed by atoms with Crippen LogP contribution in [0.25, 0.3) is 0 Å². The number of aryl methyl sites for hydroxylation is 2. The van der Waals surface area contributed by atoms with Crippen LogP contribution in [0, 0.1) is 13.8 Å². The predicted molar refractivity (Wildman–Crippen MR) is 84.8 cm³/mol. The second kappa shape index (κ2) is 6.92. The van der Waals surface area contributed by atoms with E-state index in [0.29, 0.717) is 10.8 Å². The Hall–Kier alpha value is -0.0600. The average molecular weight is 287 g/mol. The molecular formula is C14H26N2S2. The normalized spacial score (nSPS) is 13.9. The van der Waals surface area contributed by atoms with E-state index >= 15 is 0 Å². The maximum Gasteiger partial charge on any atom is 0.0900 e. The lowest BCUT2D eigenvalue weighted by Crippen LogP contribution is -2.37. The van der Waals surface area contributed by atoms with Gasteiger partial charge in [-0.2, -0.15) is 11.8 Å². The zero-order valence-electron chi connectivity index (χ0n) is 12.5. The molecule has 0 aliphatic heterocycles. The average Bonchev–Trinajstić information content (AvgIpc) is 2.70. The van der Waals surface area contributed by atoms with Crippen molar-refractivity contribution in [3.05, 3.63) is 15.6 Å². The molecule has 0 fully saturated rings. The minimum Gasteiger partial charge on any atom is -0.308 e. The second-order valence-electron chi connectivity index (χ2n) is 4.88. The van der Waals surface area contributed by atoms with Gasteiger partial charge in [-0.3, -0.25) is 0 Å². The van der Waals surface area contributed by atoms with Gasteiger partial charge in [0.15, 0.2) is 0 Å². The fourth-order valence-electron chi connectivity index (χ4n) is 2.24. The quantitative estimate of drug-likeness (QED) is 0.807. The summed E-state index contributed by atoms with van der Waals surface area (Å²) >= 11 is 3.80. The monoisotopic (exact) mass is 286 g/mol. The molecule has 104 valence electrons. The van der Waals surface area contributed by atoms with E-state index in [4.69, 9.17) is 0 Å². The van der Waals surface area contributed by atoms with Crippen molar-refractivity contribution >= 4 is 23.1 Å². The van der Waals surface area contributed by atoms with Gasteiger partial charge in [-0.1, -0.05) is 13.8 Å². The topological polar surface area (TPSA) is 24.9 Å². The molecule has 0 aromatic carbocycles. The van der Waals surface area contributed by atoms with Gasteiger partial charge in [0.25, 0.3) is 0 Å². The van der Waals surface area contributed by atoms with Crippen molar-refractivity contribution in [2.45, 2.75) is 58.2 Å². The van der Waals surface area contributed by atoms with Crippen LogP contribution < -0.4 is 5.32 Å². The number of thioether (sulfide) groups is 1. The van der Waals surface area contributed by atoms with Gasteiger partial charge in [0, 0.05) is 22.2 Å². The number of aromatic nitrogens is 1. The summed E-state index contributed by atoms with van der Waals surface area (Å²) in [6.45, 7) is 12.1. The van der Waals surface area contributed by atoms with Crippen LogP contribution in [-0.4, -0.2) is 22.5 Å². The third kappa shape index (κ3) is 3.72. The molecule has 1 aromatic rings. The SMILES string of the molecule is CCC(CC)(CNC(C)c1sc(C)nc1C)SC. The van der Waals surface area contributed by atoms with E-state index in [9.17, 15) is 0 Å². The highest BCUT2D eigenvalue weighted by atomic mass is 32.2. The lowest BCUT2D eigenvalue weighted by molar-refractivity contribution is 0.461. The van der Waals surface area contributed by atoms with E-state index in [-0.39, 0.29) is 0 Å². The van der Waals surface area contributed by atoms with Gasteiger partial charge < -0.3 is 5.32 Å². The van der Waals surface area contributed by atoms with Crippen LogP contribution >= 0.6 is 23.1 Å². The summed E-state index contributed by atoms with van der Waals surface area (Å²) in [7, 11) is 0. The number of nitrogens with one attached hydrogen (secondary N) is 1. The summed E-state index contributed by atoms with van der Waals surface area (Å²) in [6, 6.07) is 0.404. The number of nitrogens with zero attached hydrogens (tertiary/aromatic N) is 1. The van der Waals surface area contributed by atoms with Crippen LogP contribution in [-0.2, 0) is 0 Å². The summed E-state index contributed by atoms with van der Waals surface area (Å²) in [4.78, 5) is 5.89. The molecule has 0 aliphatic carbocycles. The summed E-state index contributed by atoms with van der Waals surface area (Å²) in [5.74, 6) is 0. The van der Waals surface area contributed by atoms with Crippen molar-refractivity contribution in [1.29, 1.82) is 0 Å². The second-order valence-corrected chi connectivity index (χ2v) is 7.39. The van der Waals surface area contributed by atoms with Gasteiger partial charge >= 0.3 is 0 Å². The molecule has 0 amide bonds. The van der Waals surface area contributed by atoms with E-state index < -0.39 is 0 Å². The molecule has 18 heavy (non-hydrogen) atoms. The van der Waals surface area contributed by atoms with Crippen LogP contribution in [0.3, 0.4) is 0 Å². The van der Waals surface area contributed by atoms with Crippen molar-refractivity contribution in [3.63, 3.8) is 0 Å². The van der Waals surface area contributed by atoms with E-state index in [2.05, 4.69) is 51.2 Å². The number of hydrogen-bond donors (Lipinski definition) is 1. The molecule has 0 aliphatic rings. The van der Waals surface area contributed by atoms with Gasteiger partial charge in [0.2, 0.25) is 0 Å². The Morgan fingerprint density at radius 2 is 1.94 bits per heavy atom. The highest BCUT2D eigenvalue weighted by molar-refractivity contribution is 8.00. The lowest BCUT2D eigenvalue weighted by atomic mass is 10.0. The Kier molecular flexibility index (Phi) is 6.15. The van der Waals surface area contributed by atoms with E-state index in [0.717, 1.165) is 6.54 Å². The Morgan fingerprint density at radius 1 is 1.33 bits per heavy atom. The molecular weight excluding hydrogens is 260 g/mol. The fraction of sp³-hybridized carbons (Fsp3) is 0.786. The van der Waals surface area contributed by atoms with E-state index in [1.165, 1.54) is 28.4 Å². The molecule has 2 nitrogen and oxygen atoms in total. The van der Waals surface area contributed by atoms with Crippen LogP contribution in [0.1, 0.15) is 55.2 Å². The summed E-state index contributed by atoms with van der Waals surface area (Å²) in [6.07, 6.45) is 4.65. The Morgan fingerprint density at radius 3 is 2.33 bits per heavy atom. The molecule has 0 radical (unpaired) electrons. The smallest absolute Gasteiger partial charge is 0.0900 e. The third-order valence-corrected chi connectivity index (χ3v) is 6.63. The minimum absolute atomic E-state index is 0.377. The van der Waals surface area contributed by atoms with Crippen LogP contribution in [0.5, 0.6) is 0 Å². The van der Waals surface area contributed by atoms with Gasteiger partial charge in [-0.15, -0.1) is 11.3 Å². The molecule has 1 N–H and O–H groups in total. The molecule has 1 atom stereocenters. The summed E-state index contributed by atoms with van der Waals surface area (Å²) in [5.41, 5.74) is 1.18. The highest BCUT2D eigenvalue weighted by Gasteiger charge is 2.25. The molecule has 1 rings (SSSR count). The zero-order chi connectivity index (χ0) is 13.8. The standard InChI is InChI=1S/C14H26N2S2/c1-7-14(8-2,17-6)9-15-10(3)13-11(4)16-12(5)18-13/h10,15H,7-9H2,1-6H3. The lowest BCUT2D eigenvalue weighted by Gasteiger charge is -2.31. The van der Waals surface area contributed by atoms with Crippen molar-refractivity contribution in [2.75, 3.05) is 12.8 Å². The van der Waals surface area contributed by atoms with Gasteiger partial charge in [0.05, 0.1) is 10.7 Å². The maximum atomic E-state index is 4.51. The minimum atomic E-state index is 0.377.